The Hall–Kier alpha value is -2.34. The molecule has 1 aromatic heterocycles. The number of nitrogens with zero attached hydrogens (tertiary/aromatic N) is 2. The third-order valence-electron chi connectivity index (χ3n) is 3.06. The Morgan fingerprint density at radius 2 is 2.29 bits per heavy atom. The normalized spacial score (nSPS) is 12.1. The van der Waals surface area contributed by atoms with E-state index in [-0.39, 0.29) is 6.04 Å². The van der Waals surface area contributed by atoms with Gasteiger partial charge in [-0.3, -0.25) is 4.79 Å². The number of carbonyl (C=O) groups is 1. The summed E-state index contributed by atoms with van der Waals surface area (Å²) in [6.45, 7) is 4.53. The highest BCUT2D eigenvalue weighted by Crippen LogP contribution is 2.23. The first kappa shape index (κ1) is 15.1. The molecule has 2 aromatic rings. The Morgan fingerprint density at radius 3 is 2.86 bits per heavy atom. The van der Waals surface area contributed by atoms with Gasteiger partial charge < -0.3 is 15.8 Å². The van der Waals surface area contributed by atoms with E-state index in [1.54, 1.807) is 30.1 Å². The number of nitrogens with two attached hydrogens (primary N) is 1. The Morgan fingerprint density at radius 1 is 1.52 bits per heavy atom. The van der Waals surface area contributed by atoms with Crippen molar-refractivity contribution in [3.63, 3.8) is 0 Å². The summed E-state index contributed by atoms with van der Waals surface area (Å²) in [4.78, 5) is 11.4. The number of methoxy groups -OCH3 is 1. The standard InChI is InChI=1S/C15H20N4O2/c1-10-7-17-19(8-10)14-5-4-12(15(16)20)6-13(14)18-11(2)9-21-3/h4-8,11,18H,9H2,1-3H3,(H2,16,20)/t11-/m0/s1. The summed E-state index contributed by atoms with van der Waals surface area (Å²) in [5, 5.41) is 7.62. The minimum Gasteiger partial charge on any atom is -0.383 e. The van der Waals surface area contributed by atoms with Crippen molar-refractivity contribution >= 4 is 11.6 Å². The van der Waals surface area contributed by atoms with Crippen LogP contribution in [0.15, 0.2) is 30.6 Å². The second kappa shape index (κ2) is 6.41. The lowest BCUT2D eigenvalue weighted by Gasteiger charge is -2.18. The van der Waals surface area contributed by atoms with Gasteiger partial charge in [0.25, 0.3) is 0 Å². The number of amides is 1. The van der Waals surface area contributed by atoms with Crippen LogP contribution in [0.5, 0.6) is 0 Å². The molecular formula is C15H20N4O2. The monoisotopic (exact) mass is 288 g/mol. The molecule has 1 heterocycles. The molecule has 0 aliphatic carbocycles. The molecule has 0 spiro atoms. The fourth-order valence-corrected chi connectivity index (χ4v) is 2.11. The molecule has 1 aromatic carbocycles. The van der Waals surface area contributed by atoms with Gasteiger partial charge in [0.2, 0.25) is 5.91 Å². The Balaban J connectivity index is 2.41. The lowest BCUT2D eigenvalue weighted by molar-refractivity contribution is 0.100. The number of anilines is 1. The average molecular weight is 288 g/mol. The van der Waals surface area contributed by atoms with Gasteiger partial charge in [0.1, 0.15) is 0 Å². The van der Waals surface area contributed by atoms with Crippen molar-refractivity contribution in [1.82, 2.24) is 9.78 Å². The van der Waals surface area contributed by atoms with Crippen LogP contribution in [-0.4, -0.2) is 35.4 Å². The predicted molar refractivity (Wildman–Crippen MR) is 81.8 cm³/mol. The van der Waals surface area contributed by atoms with E-state index in [1.165, 1.54) is 0 Å². The zero-order valence-corrected chi connectivity index (χ0v) is 12.5. The number of aromatic nitrogens is 2. The molecule has 0 radical (unpaired) electrons. The number of rotatable bonds is 6. The van der Waals surface area contributed by atoms with Crippen molar-refractivity contribution in [2.75, 3.05) is 19.0 Å². The summed E-state index contributed by atoms with van der Waals surface area (Å²) in [5.74, 6) is -0.458. The van der Waals surface area contributed by atoms with Crippen molar-refractivity contribution in [3.05, 3.63) is 41.7 Å². The summed E-state index contributed by atoms with van der Waals surface area (Å²) in [5.41, 5.74) is 8.51. The van der Waals surface area contributed by atoms with Crippen LogP contribution in [0.3, 0.4) is 0 Å². The predicted octanol–water partition coefficient (Wildman–Crippen LogP) is 1.73. The number of hydrogen-bond donors (Lipinski definition) is 2. The molecular weight excluding hydrogens is 268 g/mol. The van der Waals surface area contributed by atoms with Crippen molar-refractivity contribution in [2.45, 2.75) is 19.9 Å². The van der Waals surface area contributed by atoms with Crippen LogP contribution in [0.2, 0.25) is 0 Å². The molecule has 0 bridgehead atoms. The van der Waals surface area contributed by atoms with Crippen LogP contribution in [0.1, 0.15) is 22.8 Å². The third kappa shape index (κ3) is 3.61. The third-order valence-corrected chi connectivity index (χ3v) is 3.06. The molecule has 2 rings (SSSR count). The van der Waals surface area contributed by atoms with E-state index in [2.05, 4.69) is 10.4 Å². The highest BCUT2D eigenvalue weighted by atomic mass is 16.5. The molecule has 0 aliphatic rings. The molecule has 3 N–H and O–H groups in total. The van der Waals surface area contributed by atoms with Crippen LogP contribution in [0, 0.1) is 6.92 Å². The Labute approximate surface area is 123 Å². The van der Waals surface area contributed by atoms with Crippen LogP contribution in [-0.2, 0) is 4.74 Å². The lowest BCUT2D eigenvalue weighted by Crippen LogP contribution is -2.22. The van der Waals surface area contributed by atoms with E-state index in [0.29, 0.717) is 12.2 Å². The minimum atomic E-state index is -0.458. The maximum Gasteiger partial charge on any atom is 0.248 e. The summed E-state index contributed by atoms with van der Waals surface area (Å²) in [6.07, 6.45) is 3.70. The van der Waals surface area contributed by atoms with Gasteiger partial charge in [0, 0.05) is 24.9 Å². The van der Waals surface area contributed by atoms with Crippen molar-refractivity contribution in [1.29, 1.82) is 0 Å². The van der Waals surface area contributed by atoms with Crippen molar-refractivity contribution in [3.8, 4) is 5.69 Å². The van der Waals surface area contributed by atoms with E-state index in [4.69, 9.17) is 10.5 Å². The number of nitrogens with one attached hydrogen (secondary N) is 1. The molecule has 1 atom stereocenters. The van der Waals surface area contributed by atoms with Gasteiger partial charge >= 0.3 is 0 Å². The minimum absolute atomic E-state index is 0.0912. The van der Waals surface area contributed by atoms with E-state index >= 15 is 0 Å². The Kier molecular flexibility index (Phi) is 4.59. The SMILES string of the molecule is COC[C@H](C)Nc1cc(C(N)=O)ccc1-n1cc(C)cn1. The molecule has 21 heavy (non-hydrogen) atoms. The highest BCUT2D eigenvalue weighted by Gasteiger charge is 2.12. The van der Waals surface area contributed by atoms with Gasteiger partial charge in [0.15, 0.2) is 0 Å². The Bertz CT molecular complexity index is 636. The van der Waals surface area contributed by atoms with E-state index in [0.717, 1.165) is 16.9 Å². The topological polar surface area (TPSA) is 82.2 Å². The fraction of sp³-hybridized carbons (Fsp3) is 0.333. The quantitative estimate of drug-likeness (QED) is 0.848. The first-order chi connectivity index (χ1) is 10.0. The summed E-state index contributed by atoms with van der Waals surface area (Å²) in [6, 6.07) is 5.35. The number of carbonyl (C=O) groups excluding carboxylic acids is 1. The van der Waals surface area contributed by atoms with Gasteiger partial charge in [-0.1, -0.05) is 0 Å². The number of aryl methyl sites for hydroxylation is 1. The summed E-state index contributed by atoms with van der Waals surface area (Å²) >= 11 is 0. The zero-order valence-electron chi connectivity index (χ0n) is 12.5. The second-order valence-corrected chi connectivity index (χ2v) is 5.06. The number of primary amides is 1. The van der Waals surface area contributed by atoms with Gasteiger partial charge in [-0.15, -0.1) is 0 Å². The maximum atomic E-state index is 11.4. The second-order valence-electron chi connectivity index (χ2n) is 5.06. The van der Waals surface area contributed by atoms with Gasteiger partial charge in [-0.05, 0) is 37.6 Å². The fourth-order valence-electron chi connectivity index (χ4n) is 2.11. The molecule has 6 heteroatoms. The van der Waals surface area contributed by atoms with Crippen LogP contribution >= 0.6 is 0 Å². The number of hydrogen-bond acceptors (Lipinski definition) is 4. The molecule has 112 valence electrons. The van der Waals surface area contributed by atoms with Crippen molar-refractivity contribution in [2.24, 2.45) is 5.73 Å². The van der Waals surface area contributed by atoms with Crippen molar-refractivity contribution < 1.29 is 9.53 Å². The van der Waals surface area contributed by atoms with Crippen LogP contribution in [0.25, 0.3) is 5.69 Å². The molecule has 0 saturated carbocycles. The molecule has 6 nitrogen and oxygen atoms in total. The summed E-state index contributed by atoms with van der Waals surface area (Å²) < 4.78 is 6.89. The van der Waals surface area contributed by atoms with E-state index in [9.17, 15) is 4.79 Å². The average Bonchev–Trinajstić information content (AvgIpc) is 2.85. The molecule has 1 amide bonds. The smallest absolute Gasteiger partial charge is 0.248 e. The first-order valence-corrected chi connectivity index (χ1v) is 6.72. The summed E-state index contributed by atoms with van der Waals surface area (Å²) in [7, 11) is 1.65. The lowest BCUT2D eigenvalue weighted by atomic mass is 10.1. The maximum absolute atomic E-state index is 11.4. The van der Waals surface area contributed by atoms with Crippen LogP contribution in [0.4, 0.5) is 5.69 Å². The van der Waals surface area contributed by atoms with Crippen LogP contribution < -0.4 is 11.1 Å². The van der Waals surface area contributed by atoms with E-state index in [1.807, 2.05) is 26.1 Å². The molecule has 0 aliphatic heterocycles. The van der Waals surface area contributed by atoms with Gasteiger partial charge in [-0.25, -0.2) is 4.68 Å². The number of ether oxygens (including phenoxy) is 1. The van der Waals surface area contributed by atoms with Gasteiger partial charge in [0.05, 0.1) is 24.2 Å². The highest BCUT2D eigenvalue weighted by molar-refractivity contribution is 5.94. The zero-order chi connectivity index (χ0) is 15.4. The molecule has 0 fully saturated rings. The molecule has 0 saturated heterocycles. The molecule has 0 unspecified atom stereocenters. The van der Waals surface area contributed by atoms with Gasteiger partial charge in [-0.2, -0.15) is 5.10 Å². The van der Waals surface area contributed by atoms with E-state index < -0.39 is 5.91 Å². The first-order valence-electron chi connectivity index (χ1n) is 6.72. The largest absolute Gasteiger partial charge is 0.383 e. The number of benzene rings is 1.